The number of rotatable bonds is 5. The van der Waals surface area contributed by atoms with Crippen molar-refractivity contribution in [1.29, 1.82) is 0 Å². The summed E-state index contributed by atoms with van der Waals surface area (Å²) in [6.07, 6.45) is 8.54. The summed E-state index contributed by atoms with van der Waals surface area (Å²) in [6.45, 7) is 3.31. The summed E-state index contributed by atoms with van der Waals surface area (Å²) in [5.74, 6) is 2.32. The molecule has 1 aromatic carbocycles. The van der Waals surface area contributed by atoms with Crippen LogP contribution in [0.5, 0.6) is 0 Å². The third-order valence-corrected chi connectivity index (χ3v) is 7.35. The van der Waals surface area contributed by atoms with E-state index in [-0.39, 0.29) is 17.9 Å². The molecule has 3 heterocycles. The standard InChI is InChI=1S/C26H32N4O2/c1-18-21-13-14-23(31)30(17-20-10-3-2-4-11-20)26(21)28-25(27-18)22-12-7-15-29(22)24(32)16-19-8-5-6-9-19/h2-4,10-11,19,22H,5-9,12-17H2,1H3/t22-/m1/s1. The number of amides is 2. The predicted octanol–water partition coefficient (Wildman–Crippen LogP) is 4.51. The number of likely N-dealkylation sites (tertiary alicyclic amines) is 1. The molecule has 2 aliphatic heterocycles. The summed E-state index contributed by atoms with van der Waals surface area (Å²) in [7, 11) is 0. The predicted molar refractivity (Wildman–Crippen MR) is 123 cm³/mol. The van der Waals surface area contributed by atoms with Crippen LogP contribution in [0, 0.1) is 12.8 Å². The Hall–Kier alpha value is -2.76. The number of aryl methyl sites for hydroxylation is 1. The molecular formula is C26H32N4O2. The molecule has 1 aliphatic carbocycles. The number of aromatic nitrogens is 2. The molecule has 2 aromatic rings. The van der Waals surface area contributed by atoms with Crippen LogP contribution < -0.4 is 4.90 Å². The Morgan fingerprint density at radius 1 is 1.03 bits per heavy atom. The van der Waals surface area contributed by atoms with Gasteiger partial charge in [-0.15, -0.1) is 0 Å². The van der Waals surface area contributed by atoms with E-state index in [4.69, 9.17) is 9.97 Å². The molecule has 1 atom stereocenters. The molecule has 1 saturated carbocycles. The molecule has 1 saturated heterocycles. The largest absolute Gasteiger partial charge is 0.332 e. The quantitative estimate of drug-likeness (QED) is 0.697. The number of nitrogens with zero attached hydrogens (tertiary/aromatic N) is 4. The Morgan fingerprint density at radius 2 is 1.81 bits per heavy atom. The van der Waals surface area contributed by atoms with Crippen LogP contribution in [-0.2, 0) is 22.6 Å². The van der Waals surface area contributed by atoms with Crippen molar-refractivity contribution < 1.29 is 9.59 Å². The van der Waals surface area contributed by atoms with Gasteiger partial charge in [-0.2, -0.15) is 0 Å². The maximum absolute atomic E-state index is 13.1. The zero-order valence-corrected chi connectivity index (χ0v) is 18.9. The van der Waals surface area contributed by atoms with Crippen LogP contribution in [0.4, 0.5) is 5.82 Å². The van der Waals surface area contributed by atoms with Gasteiger partial charge in [0.15, 0.2) is 5.82 Å². The first kappa shape index (κ1) is 21.1. The van der Waals surface area contributed by atoms with E-state index in [0.29, 0.717) is 37.5 Å². The normalized spacial score (nSPS) is 21.3. The Balaban J connectivity index is 1.43. The first-order valence-corrected chi connectivity index (χ1v) is 12.1. The average Bonchev–Trinajstić information content (AvgIpc) is 3.48. The van der Waals surface area contributed by atoms with E-state index >= 15 is 0 Å². The minimum Gasteiger partial charge on any atom is -0.332 e. The van der Waals surface area contributed by atoms with E-state index in [1.54, 1.807) is 0 Å². The lowest BCUT2D eigenvalue weighted by atomic mass is 10.0. The Kier molecular flexibility index (Phi) is 5.94. The Morgan fingerprint density at radius 3 is 2.59 bits per heavy atom. The van der Waals surface area contributed by atoms with Crippen LogP contribution in [0.2, 0.25) is 0 Å². The summed E-state index contributed by atoms with van der Waals surface area (Å²) in [6, 6.07) is 9.97. The number of hydrogen-bond donors (Lipinski definition) is 0. The van der Waals surface area contributed by atoms with Crippen molar-refractivity contribution in [2.45, 2.75) is 77.3 Å². The van der Waals surface area contributed by atoms with Crippen molar-refractivity contribution in [1.82, 2.24) is 14.9 Å². The van der Waals surface area contributed by atoms with Crippen molar-refractivity contribution >= 4 is 17.6 Å². The first-order chi connectivity index (χ1) is 15.6. The molecule has 168 valence electrons. The fraction of sp³-hybridized carbons (Fsp3) is 0.538. The van der Waals surface area contributed by atoms with Crippen LogP contribution in [0.15, 0.2) is 30.3 Å². The van der Waals surface area contributed by atoms with Crippen LogP contribution >= 0.6 is 0 Å². The number of hydrogen-bond acceptors (Lipinski definition) is 4. The molecular weight excluding hydrogens is 400 g/mol. The Bertz CT molecular complexity index is 1000. The summed E-state index contributed by atoms with van der Waals surface area (Å²) in [5.41, 5.74) is 3.08. The highest BCUT2D eigenvalue weighted by Crippen LogP contribution is 2.36. The maximum Gasteiger partial charge on any atom is 0.228 e. The summed E-state index contributed by atoms with van der Waals surface area (Å²) < 4.78 is 0. The molecule has 3 aliphatic rings. The molecule has 0 bridgehead atoms. The van der Waals surface area contributed by atoms with Crippen molar-refractivity contribution in [3.63, 3.8) is 0 Å². The third kappa shape index (κ3) is 4.15. The van der Waals surface area contributed by atoms with Gasteiger partial charge in [0.2, 0.25) is 11.8 Å². The van der Waals surface area contributed by atoms with E-state index in [0.717, 1.165) is 42.0 Å². The average molecular weight is 433 g/mol. The monoisotopic (exact) mass is 432 g/mol. The van der Waals surface area contributed by atoms with Gasteiger partial charge in [0.05, 0.1) is 12.6 Å². The number of carbonyl (C=O) groups excluding carboxylic acids is 2. The van der Waals surface area contributed by atoms with Gasteiger partial charge in [0.25, 0.3) is 0 Å². The molecule has 0 N–H and O–H groups in total. The van der Waals surface area contributed by atoms with E-state index in [2.05, 4.69) is 0 Å². The van der Waals surface area contributed by atoms with E-state index in [9.17, 15) is 9.59 Å². The van der Waals surface area contributed by atoms with Crippen molar-refractivity contribution in [2.75, 3.05) is 11.4 Å². The summed E-state index contributed by atoms with van der Waals surface area (Å²) in [5, 5.41) is 0. The van der Waals surface area contributed by atoms with E-state index < -0.39 is 0 Å². The summed E-state index contributed by atoms with van der Waals surface area (Å²) in [4.78, 5) is 39.6. The molecule has 2 fully saturated rings. The minimum absolute atomic E-state index is 0.0801. The second-order valence-corrected chi connectivity index (χ2v) is 9.53. The van der Waals surface area contributed by atoms with Crippen LogP contribution in [0.25, 0.3) is 0 Å². The summed E-state index contributed by atoms with van der Waals surface area (Å²) >= 11 is 0. The third-order valence-electron chi connectivity index (χ3n) is 7.35. The lowest BCUT2D eigenvalue weighted by Crippen LogP contribution is -2.37. The molecule has 0 unspecified atom stereocenters. The molecule has 6 nitrogen and oxygen atoms in total. The van der Waals surface area contributed by atoms with Gasteiger partial charge in [-0.25, -0.2) is 9.97 Å². The molecule has 6 heteroatoms. The first-order valence-electron chi connectivity index (χ1n) is 12.1. The van der Waals surface area contributed by atoms with Crippen molar-refractivity contribution in [3.8, 4) is 0 Å². The highest BCUT2D eigenvalue weighted by atomic mass is 16.2. The van der Waals surface area contributed by atoms with Gasteiger partial charge in [0, 0.05) is 30.6 Å². The van der Waals surface area contributed by atoms with Gasteiger partial charge >= 0.3 is 0 Å². The van der Waals surface area contributed by atoms with Crippen LogP contribution in [-0.4, -0.2) is 33.2 Å². The second kappa shape index (κ2) is 9.00. The van der Waals surface area contributed by atoms with Gasteiger partial charge < -0.3 is 4.90 Å². The fourth-order valence-corrected chi connectivity index (χ4v) is 5.59. The SMILES string of the molecule is Cc1nc([C@H]2CCCN2C(=O)CC2CCCC2)nc2c1CCC(=O)N2Cc1ccccc1. The zero-order chi connectivity index (χ0) is 22.1. The lowest BCUT2D eigenvalue weighted by molar-refractivity contribution is -0.133. The topological polar surface area (TPSA) is 66.4 Å². The molecule has 2 amide bonds. The molecule has 5 rings (SSSR count). The highest BCUT2D eigenvalue weighted by molar-refractivity contribution is 5.95. The van der Waals surface area contributed by atoms with Crippen molar-refractivity contribution in [3.05, 3.63) is 53.0 Å². The molecule has 0 radical (unpaired) electrons. The highest BCUT2D eigenvalue weighted by Gasteiger charge is 2.35. The van der Waals surface area contributed by atoms with Gasteiger partial charge in [-0.3, -0.25) is 14.5 Å². The lowest BCUT2D eigenvalue weighted by Gasteiger charge is -2.31. The fourth-order valence-electron chi connectivity index (χ4n) is 5.59. The van der Waals surface area contributed by atoms with Crippen molar-refractivity contribution in [2.24, 2.45) is 5.92 Å². The number of fused-ring (bicyclic) bond motifs is 1. The molecule has 1 aromatic heterocycles. The smallest absolute Gasteiger partial charge is 0.228 e. The second-order valence-electron chi connectivity index (χ2n) is 9.53. The van der Waals surface area contributed by atoms with E-state index in [1.165, 1.54) is 25.7 Å². The van der Waals surface area contributed by atoms with Crippen LogP contribution in [0.3, 0.4) is 0 Å². The van der Waals surface area contributed by atoms with Gasteiger partial charge in [-0.05, 0) is 50.5 Å². The molecule has 0 spiro atoms. The van der Waals surface area contributed by atoms with Crippen LogP contribution in [0.1, 0.15) is 80.1 Å². The number of carbonyl (C=O) groups is 2. The number of anilines is 1. The van der Waals surface area contributed by atoms with Gasteiger partial charge in [-0.1, -0.05) is 43.2 Å². The zero-order valence-electron chi connectivity index (χ0n) is 18.9. The number of benzene rings is 1. The minimum atomic E-state index is -0.0801. The molecule has 32 heavy (non-hydrogen) atoms. The maximum atomic E-state index is 13.1. The van der Waals surface area contributed by atoms with Gasteiger partial charge in [0.1, 0.15) is 5.82 Å². The van der Waals surface area contributed by atoms with E-state index in [1.807, 2.05) is 47.1 Å². The Labute approximate surface area is 190 Å².